The second-order valence-electron chi connectivity index (χ2n) is 2.85. The van der Waals surface area contributed by atoms with Crippen LogP contribution in [0.5, 0.6) is 0 Å². The van der Waals surface area contributed by atoms with Gasteiger partial charge in [0.25, 0.3) is 0 Å². The summed E-state index contributed by atoms with van der Waals surface area (Å²) in [6.07, 6.45) is -0.00380. The molecule has 0 aromatic rings. The van der Waals surface area contributed by atoms with Gasteiger partial charge in [0.15, 0.2) is 0 Å². The minimum atomic E-state index is -0.787. The fourth-order valence-electron chi connectivity index (χ4n) is 1.19. The highest BCUT2D eigenvalue weighted by molar-refractivity contribution is 5.67. The van der Waals surface area contributed by atoms with E-state index in [4.69, 9.17) is 9.84 Å². The van der Waals surface area contributed by atoms with Gasteiger partial charge in [0.1, 0.15) is 0 Å². The van der Waals surface area contributed by atoms with Gasteiger partial charge in [0.2, 0.25) is 0 Å². The molecule has 1 aliphatic rings. The zero-order valence-electron chi connectivity index (χ0n) is 8.62. The van der Waals surface area contributed by atoms with Crippen LogP contribution in [0.1, 0.15) is 20.3 Å². The zero-order chi connectivity index (χ0) is 10.3. The molecule has 0 aromatic carbocycles. The molecule has 1 saturated heterocycles. The number of ether oxygens (including phenoxy) is 1. The second-order valence-corrected chi connectivity index (χ2v) is 2.85. The van der Waals surface area contributed by atoms with Gasteiger partial charge in [-0.1, -0.05) is 13.8 Å². The van der Waals surface area contributed by atoms with Crippen molar-refractivity contribution in [2.24, 2.45) is 0 Å². The highest BCUT2D eigenvalue weighted by atomic mass is 16.5. The largest absolute Gasteiger partial charge is 0.481 e. The fraction of sp³-hybridized carbons (Fsp3) is 0.889. The predicted molar refractivity (Wildman–Crippen MR) is 50.8 cm³/mol. The first kappa shape index (κ1) is 12.4. The van der Waals surface area contributed by atoms with E-state index in [9.17, 15) is 4.79 Å². The topological polar surface area (TPSA) is 49.8 Å². The molecule has 1 fully saturated rings. The number of morpholine rings is 1. The van der Waals surface area contributed by atoms with Gasteiger partial charge in [-0.3, -0.25) is 4.79 Å². The van der Waals surface area contributed by atoms with Gasteiger partial charge in [0, 0.05) is 13.1 Å². The summed E-state index contributed by atoms with van der Waals surface area (Å²) in [5, 5.41) is 8.45. The van der Waals surface area contributed by atoms with Crippen LogP contribution in [0.4, 0.5) is 0 Å². The molecule has 1 N–H and O–H groups in total. The Balaban J connectivity index is 0.000000671. The monoisotopic (exact) mass is 189 g/mol. The Kier molecular flexibility index (Phi) is 6.54. The number of hydrogen-bond acceptors (Lipinski definition) is 3. The Bertz CT molecular complexity index is 150. The molecule has 1 aliphatic heterocycles. The molecule has 78 valence electrons. The maximum Gasteiger partial charge on any atom is 0.306 e. The van der Waals surface area contributed by atoms with Crippen LogP contribution in [-0.2, 0) is 9.53 Å². The fourth-order valence-corrected chi connectivity index (χ4v) is 1.19. The number of likely N-dealkylation sites (N-methyl/N-ethyl adjacent to an activating group) is 1. The van der Waals surface area contributed by atoms with Crippen molar-refractivity contribution in [1.29, 1.82) is 0 Å². The van der Waals surface area contributed by atoms with Crippen molar-refractivity contribution in [2.45, 2.75) is 26.4 Å². The Hall–Kier alpha value is -0.610. The van der Waals surface area contributed by atoms with Crippen LogP contribution in [-0.4, -0.2) is 48.8 Å². The van der Waals surface area contributed by atoms with Crippen LogP contribution in [0.15, 0.2) is 0 Å². The number of carboxylic acid groups (broad SMARTS) is 1. The smallest absolute Gasteiger partial charge is 0.306 e. The summed E-state index contributed by atoms with van der Waals surface area (Å²) in [6, 6.07) is 0. The molecule has 0 saturated carbocycles. The third-order valence-electron chi connectivity index (χ3n) is 1.74. The van der Waals surface area contributed by atoms with Gasteiger partial charge in [0.05, 0.1) is 19.1 Å². The molecule has 1 heterocycles. The summed E-state index contributed by atoms with van der Waals surface area (Å²) in [6.45, 7) is 6.27. The first-order valence-corrected chi connectivity index (χ1v) is 4.70. The number of carbonyl (C=O) groups is 1. The van der Waals surface area contributed by atoms with Crippen LogP contribution in [0.25, 0.3) is 0 Å². The summed E-state index contributed by atoms with van der Waals surface area (Å²) in [5.41, 5.74) is 0. The normalized spacial score (nSPS) is 23.2. The van der Waals surface area contributed by atoms with E-state index in [0.717, 1.165) is 13.1 Å². The molecule has 0 radical (unpaired) electrons. The highest BCUT2D eigenvalue weighted by Gasteiger charge is 2.19. The van der Waals surface area contributed by atoms with Gasteiger partial charge in [-0.25, -0.2) is 0 Å². The first-order valence-electron chi connectivity index (χ1n) is 4.70. The van der Waals surface area contributed by atoms with E-state index in [1.165, 1.54) is 0 Å². The van der Waals surface area contributed by atoms with Crippen molar-refractivity contribution in [3.8, 4) is 0 Å². The average Bonchev–Trinajstić information content (AvgIpc) is 2.06. The molecule has 0 bridgehead atoms. The maximum atomic E-state index is 10.3. The molecule has 0 aromatic heterocycles. The zero-order valence-corrected chi connectivity index (χ0v) is 8.62. The lowest BCUT2D eigenvalue weighted by molar-refractivity contribution is -0.141. The SMILES string of the molecule is CC.CN1CCOC(CC(=O)O)C1. The van der Waals surface area contributed by atoms with Crippen molar-refractivity contribution < 1.29 is 14.6 Å². The van der Waals surface area contributed by atoms with Crippen LogP contribution in [0.3, 0.4) is 0 Å². The third-order valence-corrected chi connectivity index (χ3v) is 1.74. The number of rotatable bonds is 2. The van der Waals surface area contributed by atoms with Gasteiger partial charge in [-0.05, 0) is 7.05 Å². The van der Waals surface area contributed by atoms with Crippen molar-refractivity contribution in [2.75, 3.05) is 26.7 Å². The van der Waals surface area contributed by atoms with Crippen molar-refractivity contribution in [3.05, 3.63) is 0 Å². The highest BCUT2D eigenvalue weighted by Crippen LogP contribution is 2.06. The summed E-state index contributed by atoms with van der Waals surface area (Å²) in [5.74, 6) is -0.787. The molecule has 4 nitrogen and oxygen atoms in total. The van der Waals surface area contributed by atoms with Gasteiger partial charge in [-0.15, -0.1) is 0 Å². The molecule has 1 atom stereocenters. The number of aliphatic carboxylic acids is 1. The molecule has 0 spiro atoms. The minimum Gasteiger partial charge on any atom is -0.481 e. The van der Waals surface area contributed by atoms with Gasteiger partial charge < -0.3 is 14.7 Å². The lowest BCUT2D eigenvalue weighted by Crippen LogP contribution is -2.40. The van der Waals surface area contributed by atoms with Crippen molar-refractivity contribution in [1.82, 2.24) is 4.90 Å². The lowest BCUT2D eigenvalue weighted by atomic mass is 10.2. The van der Waals surface area contributed by atoms with Gasteiger partial charge in [-0.2, -0.15) is 0 Å². The Labute approximate surface area is 79.5 Å². The van der Waals surface area contributed by atoms with Crippen LogP contribution < -0.4 is 0 Å². The standard InChI is InChI=1S/C7H13NO3.C2H6/c1-8-2-3-11-6(5-8)4-7(9)10;1-2/h6H,2-5H2,1H3,(H,9,10);1-2H3. The molecule has 1 rings (SSSR count). The summed E-state index contributed by atoms with van der Waals surface area (Å²) < 4.78 is 5.24. The minimum absolute atomic E-state index is 0.115. The van der Waals surface area contributed by atoms with Crippen LogP contribution >= 0.6 is 0 Å². The van der Waals surface area contributed by atoms with Gasteiger partial charge >= 0.3 is 5.97 Å². The van der Waals surface area contributed by atoms with E-state index in [2.05, 4.69) is 4.90 Å². The average molecular weight is 189 g/mol. The van der Waals surface area contributed by atoms with E-state index in [1.807, 2.05) is 20.9 Å². The molecule has 13 heavy (non-hydrogen) atoms. The molecule has 4 heteroatoms. The predicted octanol–water partition coefficient (Wildman–Crippen LogP) is 0.818. The van der Waals surface area contributed by atoms with Crippen molar-refractivity contribution in [3.63, 3.8) is 0 Å². The number of carboxylic acids is 1. The molecule has 0 aliphatic carbocycles. The third kappa shape index (κ3) is 5.60. The summed E-state index contributed by atoms with van der Waals surface area (Å²) in [7, 11) is 1.97. The lowest BCUT2D eigenvalue weighted by Gasteiger charge is -2.28. The second kappa shape index (κ2) is 6.86. The summed E-state index contributed by atoms with van der Waals surface area (Å²) >= 11 is 0. The van der Waals surface area contributed by atoms with E-state index in [0.29, 0.717) is 6.61 Å². The van der Waals surface area contributed by atoms with E-state index in [1.54, 1.807) is 0 Å². The van der Waals surface area contributed by atoms with Crippen LogP contribution in [0, 0.1) is 0 Å². The van der Waals surface area contributed by atoms with E-state index < -0.39 is 5.97 Å². The van der Waals surface area contributed by atoms with Crippen molar-refractivity contribution >= 4 is 5.97 Å². The van der Waals surface area contributed by atoms with E-state index in [-0.39, 0.29) is 12.5 Å². The molecule has 0 amide bonds. The Morgan fingerprint density at radius 2 is 2.23 bits per heavy atom. The molecular formula is C9H19NO3. The quantitative estimate of drug-likeness (QED) is 0.698. The van der Waals surface area contributed by atoms with E-state index >= 15 is 0 Å². The maximum absolute atomic E-state index is 10.3. The van der Waals surface area contributed by atoms with Crippen LogP contribution in [0.2, 0.25) is 0 Å². The number of nitrogens with zero attached hydrogens (tertiary/aromatic N) is 1. The number of hydrogen-bond donors (Lipinski definition) is 1. The Morgan fingerprint density at radius 1 is 1.62 bits per heavy atom. The summed E-state index contributed by atoms with van der Waals surface area (Å²) in [4.78, 5) is 12.4. The molecule has 1 unspecified atom stereocenters. The first-order chi connectivity index (χ1) is 6.18. The Morgan fingerprint density at radius 3 is 2.69 bits per heavy atom. The molecular weight excluding hydrogens is 170 g/mol.